The summed E-state index contributed by atoms with van der Waals surface area (Å²) in [4.78, 5) is 42.1. The van der Waals surface area contributed by atoms with Crippen LogP contribution in [0.2, 0.25) is 0 Å². The molecular weight excluding hydrogens is 628 g/mol. The van der Waals surface area contributed by atoms with E-state index in [0.29, 0.717) is 47.8 Å². The molecule has 4 aromatic carbocycles. The summed E-state index contributed by atoms with van der Waals surface area (Å²) in [5.41, 5.74) is 4.03. The van der Waals surface area contributed by atoms with Crippen molar-refractivity contribution in [2.45, 2.75) is 26.5 Å². The molecule has 0 bridgehead atoms. The van der Waals surface area contributed by atoms with Crippen molar-refractivity contribution in [3.05, 3.63) is 110 Å². The topological polar surface area (TPSA) is 76.2 Å². The maximum atomic E-state index is 13.2. The number of fused-ring (bicyclic) bond motifs is 2. The molecule has 43 heavy (non-hydrogen) atoms. The molecule has 1 fully saturated rings. The SMILES string of the molecule is CCOc1cc(/C=C2/SC(=O)N(CC(=O)N3CCc4ccccc4C3)C2=O)cc(Br)c1OCc1cccc2ccccc12. The van der Waals surface area contributed by atoms with Crippen LogP contribution in [0, 0.1) is 0 Å². The van der Waals surface area contributed by atoms with Crippen LogP contribution in [-0.2, 0) is 29.2 Å². The van der Waals surface area contributed by atoms with Gasteiger partial charge in [-0.15, -0.1) is 0 Å². The highest BCUT2D eigenvalue weighted by atomic mass is 79.9. The van der Waals surface area contributed by atoms with Gasteiger partial charge < -0.3 is 14.4 Å². The molecule has 0 unspecified atom stereocenters. The molecule has 4 aromatic rings. The molecule has 0 saturated carbocycles. The number of amides is 3. The quantitative estimate of drug-likeness (QED) is 0.187. The summed E-state index contributed by atoms with van der Waals surface area (Å²) < 4.78 is 12.8. The first-order chi connectivity index (χ1) is 20.9. The molecule has 2 heterocycles. The summed E-state index contributed by atoms with van der Waals surface area (Å²) in [7, 11) is 0. The summed E-state index contributed by atoms with van der Waals surface area (Å²) in [6.07, 6.45) is 2.40. The van der Waals surface area contributed by atoms with Crippen LogP contribution in [0.3, 0.4) is 0 Å². The van der Waals surface area contributed by atoms with Crippen molar-refractivity contribution in [1.82, 2.24) is 9.80 Å². The van der Waals surface area contributed by atoms with Gasteiger partial charge in [0.25, 0.3) is 11.1 Å². The van der Waals surface area contributed by atoms with E-state index in [0.717, 1.165) is 45.0 Å². The molecule has 6 rings (SSSR count). The number of ether oxygens (including phenoxy) is 2. The number of hydrogen-bond donors (Lipinski definition) is 0. The summed E-state index contributed by atoms with van der Waals surface area (Å²) >= 11 is 4.45. The maximum Gasteiger partial charge on any atom is 0.294 e. The van der Waals surface area contributed by atoms with E-state index < -0.39 is 11.1 Å². The number of halogens is 1. The summed E-state index contributed by atoms with van der Waals surface area (Å²) in [5, 5.41) is 1.80. The van der Waals surface area contributed by atoms with Crippen LogP contribution < -0.4 is 9.47 Å². The third kappa shape index (κ3) is 6.19. The molecule has 2 aliphatic rings. The van der Waals surface area contributed by atoms with Gasteiger partial charge in [-0.05, 0) is 92.3 Å². The smallest absolute Gasteiger partial charge is 0.294 e. The lowest BCUT2D eigenvalue weighted by molar-refractivity contribution is -0.136. The monoisotopic (exact) mass is 656 g/mol. The summed E-state index contributed by atoms with van der Waals surface area (Å²) in [5.74, 6) is 0.343. The van der Waals surface area contributed by atoms with E-state index >= 15 is 0 Å². The first-order valence-corrected chi connectivity index (χ1v) is 15.7. The van der Waals surface area contributed by atoms with Gasteiger partial charge in [-0.25, -0.2) is 0 Å². The molecule has 0 spiro atoms. The molecule has 9 heteroatoms. The van der Waals surface area contributed by atoms with Crippen molar-refractivity contribution in [3.8, 4) is 11.5 Å². The molecule has 0 atom stereocenters. The van der Waals surface area contributed by atoms with Gasteiger partial charge in [-0.3, -0.25) is 19.3 Å². The number of imide groups is 1. The Kier molecular flexibility index (Phi) is 8.54. The second-order valence-corrected chi connectivity index (χ2v) is 12.1. The van der Waals surface area contributed by atoms with Crippen LogP contribution in [0.15, 0.2) is 88.2 Å². The van der Waals surface area contributed by atoms with Crippen LogP contribution in [0.5, 0.6) is 11.5 Å². The zero-order valence-corrected chi connectivity index (χ0v) is 25.9. The lowest BCUT2D eigenvalue weighted by atomic mass is 10.00. The normalized spacial score (nSPS) is 15.7. The first kappa shape index (κ1) is 29.0. The predicted molar refractivity (Wildman–Crippen MR) is 172 cm³/mol. The number of nitrogens with zero attached hydrogens (tertiary/aromatic N) is 2. The zero-order valence-electron chi connectivity index (χ0n) is 23.5. The van der Waals surface area contributed by atoms with Crippen LogP contribution in [0.1, 0.15) is 29.2 Å². The predicted octanol–water partition coefficient (Wildman–Crippen LogP) is 7.20. The fourth-order valence-corrected chi connectivity index (χ4v) is 6.79. The number of hydrogen-bond acceptors (Lipinski definition) is 6. The Morgan fingerprint density at radius 2 is 1.74 bits per heavy atom. The number of carbonyl (C=O) groups is 3. The Morgan fingerprint density at radius 1 is 0.977 bits per heavy atom. The van der Waals surface area contributed by atoms with E-state index in [1.807, 2.05) is 55.5 Å². The van der Waals surface area contributed by atoms with Crippen LogP contribution in [-0.4, -0.2) is 46.5 Å². The molecule has 0 radical (unpaired) electrons. The molecule has 3 amide bonds. The highest BCUT2D eigenvalue weighted by molar-refractivity contribution is 9.10. The highest BCUT2D eigenvalue weighted by Gasteiger charge is 2.37. The third-order valence-corrected chi connectivity index (χ3v) is 9.03. The highest BCUT2D eigenvalue weighted by Crippen LogP contribution is 2.40. The number of benzene rings is 4. The van der Waals surface area contributed by atoms with Crippen molar-refractivity contribution in [3.63, 3.8) is 0 Å². The van der Waals surface area contributed by atoms with Gasteiger partial charge in [0.15, 0.2) is 11.5 Å². The maximum absolute atomic E-state index is 13.2. The van der Waals surface area contributed by atoms with E-state index in [1.165, 1.54) is 5.56 Å². The molecular formula is C34H29BrN2O5S. The van der Waals surface area contributed by atoms with E-state index in [2.05, 4.69) is 40.2 Å². The van der Waals surface area contributed by atoms with E-state index in [9.17, 15) is 14.4 Å². The lowest BCUT2D eigenvalue weighted by Crippen LogP contribution is -2.44. The van der Waals surface area contributed by atoms with Crippen molar-refractivity contribution >= 4 is 61.6 Å². The zero-order chi connectivity index (χ0) is 29.9. The summed E-state index contributed by atoms with van der Waals surface area (Å²) in [6.45, 7) is 3.40. The van der Waals surface area contributed by atoms with Crippen molar-refractivity contribution in [2.75, 3.05) is 19.7 Å². The van der Waals surface area contributed by atoms with Crippen molar-refractivity contribution in [1.29, 1.82) is 0 Å². The molecule has 0 aromatic heterocycles. The van der Waals surface area contributed by atoms with Gasteiger partial charge in [0.1, 0.15) is 13.2 Å². The third-order valence-electron chi connectivity index (χ3n) is 7.53. The van der Waals surface area contributed by atoms with Crippen LogP contribution >= 0.6 is 27.7 Å². The molecule has 1 saturated heterocycles. The van der Waals surface area contributed by atoms with Crippen molar-refractivity contribution < 1.29 is 23.9 Å². The fourth-order valence-electron chi connectivity index (χ4n) is 5.37. The second-order valence-electron chi connectivity index (χ2n) is 10.3. The Hall–Kier alpha value is -4.08. The minimum atomic E-state index is -0.480. The van der Waals surface area contributed by atoms with E-state index in [4.69, 9.17) is 9.47 Å². The average molecular weight is 658 g/mol. The lowest BCUT2D eigenvalue weighted by Gasteiger charge is -2.29. The van der Waals surface area contributed by atoms with E-state index in [-0.39, 0.29) is 17.4 Å². The fraction of sp³-hybridized carbons (Fsp3) is 0.206. The van der Waals surface area contributed by atoms with Gasteiger partial charge in [-0.2, -0.15) is 0 Å². The van der Waals surface area contributed by atoms with Gasteiger partial charge in [0, 0.05) is 13.1 Å². The molecule has 2 aliphatic heterocycles. The van der Waals surface area contributed by atoms with Gasteiger partial charge in [0.05, 0.1) is 16.0 Å². The van der Waals surface area contributed by atoms with Crippen molar-refractivity contribution in [2.24, 2.45) is 0 Å². The Bertz CT molecular complexity index is 1770. The number of carbonyl (C=O) groups excluding carboxylic acids is 3. The Morgan fingerprint density at radius 3 is 2.58 bits per heavy atom. The minimum Gasteiger partial charge on any atom is -0.490 e. The minimum absolute atomic E-state index is 0.243. The number of thioether (sulfide) groups is 1. The Balaban J connectivity index is 1.17. The Labute approximate surface area is 262 Å². The largest absolute Gasteiger partial charge is 0.490 e. The van der Waals surface area contributed by atoms with Crippen LogP contribution in [0.4, 0.5) is 4.79 Å². The van der Waals surface area contributed by atoms with Gasteiger partial charge in [-0.1, -0.05) is 66.7 Å². The standard InChI is InChI=1S/C34H29BrN2O5S/c1-2-41-29-17-22(16-28(35)32(29)42-21-26-12-7-11-24-9-5-6-13-27(24)26)18-30-33(39)37(34(40)43-30)20-31(38)36-15-14-23-8-3-4-10-25(23)19-36/h3-13,16-18H,2,14-15,19-21H2,1H3/b30-18+. The molecule has 7 nitrogen and oxygen atoms in total. The van der Waals surface area contributed by atoms with E-state index in [1.54, 1.807) is 17.0 Å². The molecule has 218 valence electrons. The number of rotatable bonds is 8. The van der Waals surface area contributed by atoms with Crippen LogP contribution in [0.25, 0.3) is 16.8 Å². The van der Waals surface area contributed by atoms with Gasteiger partial charge >= 0.3 is 0 Å². The second kappa shape index (κ2) is 12.7. The average Bonchev–Trinajstić information content (AvgIpc) is 3.27. The first-order valence-electron chi connectivity index (χ1n) is 14.1. The summed E-state index contributed by atoms with van der Waals surface area (Å²) in [6, 6.07) is 25.9. The molecule has 0 N–H and O–H groups in total. The van der Waals surface area contributed by atoms with Gasteiger partial charge in [0.2, 0.25) is 5.91 Å². The molecule has 0 aliphatic carbocycles.